The van der Waals surface area contributed by atoms with Crippen LogP contribution in [0.1, 0.15) is 39.9 Å². The van der Waals surface area contributed by atoms with E-state index in [2.05, 4.69) is 11.4 Å². The summed E-state index contributed by atoms with van der Waals surface area (Å²) < 4.78 is 0. The summed E-state index contributed by atoms with van der Waals surface area (Å²) in [5, 5.41) is 3.04. The highest BCUT2D eigenvalue weighted by atomic mass is 16.2. The molecule has 1 fully saturated rings. The Morgan fingerprint density at radius 2 is 1.81 bits per heavy atom. The molecule has 0 saturated carbocycles. The molecule has 4 heteroatoms. The van der Waals surface area contributed by atoms with Gasteiger partial charge in [-0.05, 0) is 57.4 Å². The molecule has 2 amide bonds. The molecule has 136 valence electrons. The fourth-order valence-corrected chi connectivity index (χ4v) is 3.52. The minimum atomic E-state index is -0.168. The molecular formula is C22H26N2O2. The van der Waals surface area contributed by atoms with Crippen molar-refractivity contribution < 1.29 is 9.59 Å². The molecule has 2 aromatic carbocycles. The molecule has 0 radical (unpaired) electrons. The zero-order valence-corrected chi connectivity index (χ0v) is 15.7. The van der Waals surface area contributed by atoms with Crippen LogP contribution in [0.15, 0.2) is 42.5 Å². The van der Waals surface area contributed by atoms with Crippen molar-refractivity contribution in [2.75, 3.05) is 18.4 Å². The van der Waals surface area contributed by atoms with E-state index in [1.54, 1.807) is 0 Å². The number of nitrogens with zero attached hydrogens (tertiary/aromatic N) is 1. The molecule has 1 aliphatic rings. The van der Waals surface area contributed by atoms with Crippen LogP contribution in [-0.4, -0.2) is 29.8 Å². The van der Waals surface area contributed by atoms with Crippen LogP contribution >= 0.6 is 0 Å². The Labute approximate surface area is 155 Å². The van der Waals surface area contributed by atoms with Crippen LogP contribution in [0, 0.1) is 26.7 Å². The van der Waals surface area contributed by atoms with Gasteiger partial charge in [0, 0.05) is 24.3 Å². The number of hydrogen-bond acceptors (Lipinski definition) is 2. The van der Waals surface area contributed by atoms with Crippen molar-refractivity contribution in [2.45, 2.75) is 33.6 Å². The van der Waals surface area contributed by atoms with Crippen LogP contribution in [0.2, 0.25) is 0 Å². The standard InChI is InChI=1S/C22H26N2O2/c1-15-6-4-7-18(13-15)22(26)24-11-5-8-19(14-24)21(25)23-20-10-9-16(2)12-17(20)3/h4,6-7,9-10,12-13,19H,5,8,11,14H2,1-3H3,(H,23,25). The highest BCUT2D eigenvalue weighted by Crippen LogP contribution is 2.22. The van der Waals surface area contributed by atoms with E-state index in [4.69, 9.17) is 0 Å². The van der Waals surface area contributed by atoms with Crippen molar-refractivity contribution in [3.63, 3.8) is 0 Å². The Kier molecular flexibility index (Phi) is 5.40. The number of nitrogens with one attached hydrogen (secondary N) is 1. The summed E-state index contributed by atoms with van der Waals surface area (Å²) in [4.78, 5) is 27.3. The van der Waals surface area contributed by atoms with Crippen LogP contribution in [-0.2, 0) is 4.79 Å². The van der Waals surface area contributed by atoms with Gasteiger partial charge in [-0.3, -0.25) is 9.59 Å². The molecule has 1 unspecified atom stereocenters. The molecule has 0 bridgehead atoms. The van der Waals surface area contributed by atoms with Crippen LogP contribution in [0.4, 0.5) is 5.69 Å². The second kappa shape index (κ2) is 7.73. The first kappa shape index (κ1) is 18.2. The van der Waals surface area contributed by atoms with Crippen LogP contribution in [0.25, 0.3) is 0 Å². The van der Waals surface area contributed by atoms with Gasteiger partial charge in [0.15, 0.2) is 0 Å². The van der Waals surface area contributed by atoms with Crippen molar-refractivity contribution >= 4 is 17.5 Å². The fraction of sp³-hybridized carbons (Fsp3) is 0.364. The largest absolute Gasteiger partial charge is 0.338 e. The number of rotatable bonds is 3. The van der Waals surface area contributed by atoms with Crippen LogP contribution in [0.5, 0.6) is 0 Å². The predicted molar refractivity (Wildman–Crippen MR) is 104 cm³/mol. The van der Waals surface area contributed by atoms with Gasteiger partial charge < -0.3 is 10.2 Å². The number of aryl methyl sites for hydroxylation is 3. The van der Waals surface area contributed by atoms with Crippen molar-refractivity contribution in [2.24, 2.45) is 5.92 Å². The fourth-order valence-electron chi connectivity index (χ4n) is 3.52. The van der Waals surface area contributed by atoms with E-state index in [1.807, 2.05) is 62.1 Å². The van der Waals surface area contributed by atoms with Gasteiger partial charge in [0.25, 0.3) is 5.91 Å². The summed E-state index contributed by atoms with van der Waals surface area (Å²) in [6, 6.07) is 13.6. The molecule has 0 spiro atoms. The highest BCUT2D eigenvalue weighted by Gasteiger charge is 2.29. The van der Waals surface area contributed by atoms with Gasteiger partial charge in [-0.25, -0.2) is 0 Å². The van der Waals surface area contributed by atoms with Gasteiger partial charge >= 0.3 is 0 Å². The molecule has 1 N–H and O–H groups in total. The summed E-state index contributed by atoms with van der Waals surface area (Å²) in [5.41, 5.74) is 4.84. The summed E-state index contributed by atoms with van der Waals surface area (Å²) in [5.74, 6) is -0.158. The molecule has 1 atom stereocenters. The van der Waals surface area contributed by atoms with E-state index in [1.165, 1.54) is 5.56 Å². The van der Waals surface area contributed by atoms with Gasteiger partial charge in [-0.2, -0.15) is 0 Å². The number of amides is 2. The molecule has 2 aromatic rings. The van der Waals surface area contributed by atoms with E-state index in [0.29, 0.717) is 18.7 Å². The lowest BCUT2D eigenvalue weighted by Crippen LogP contribution is -2.43. The zero-order chi connectivity index (χ0) is 18.7. The number of carbonyl (C=O) groups is 2. The quantitative estimate of drug-likeness (QED) is 0.906. The Morgan fingerprint density at radius 3 is 2.54 bits per heavy atom. The zero-order valence-electron chi connectivity index (χ0n) is 15.7. The molecule has 26 heavy (non-hydrogen) atoms. The Hall–Kier alpha value is -2.62. The SMILES string of the molecule is Cc1cccc(C(=O)N2CCCC(C(=O)Nc3ccc(C)cc3C)C2)c1. The highest BCUT2D eigenvalue weighted by molar-refractivity contribution is 5.96. The Morgan fingerprint density at radius 1 is 1.04 bits per heavy atom. The van der Waals surface area contributed by atoms with E-state index in [9.17, 15) is 9.59 Å². The molecule has 1 aliphatic heterocycles. The normalized spacial score (nSPS) is 17.0. The molecular weight excluding hydrogens is 324 g/mol. The van der Waals surface area contributed by atoms with Crippen molar-refractivity contribution in [3.8, 4) is 0 Å². The van der Waals surface area contributed by atoms with E-state index in [-0.39, 0.29) is 17.7 Å². The number of benzene rings is 2. The third-order valence-corrected chi connectivity index (χ3v) is 4.98. The van der Waals surface area contributed by atoms with Crippen molar-refractivity contribution in [1.82, 2.24) is 4.90 Å². The van der Waals surface area contributed by atoms with Crippen molar-refractivity contribution in [3.05, 3.63) is 64.7 Å². The number of likely N-dealkylation sites (tertiary alicyclic amines) is 1. The van der Waals surface area contributed by atoms with Gasteiger partial charge in [0.05, 0.1) is 5.92 Å². The molecule has 0 aliphatic carbocycles. The first-order valence-electron chi connectivity index (χ1n) is 9.18. The van der Waals surface area contributed by atoms with E-state index >= 15 is 0 Å². The number of piperidine rings is 1. The first-order chi connectivity index (χ1) is 12.4. The topological polar surface area (TPSA) is 49.4 Å². The van der Waals surface area contributed by atoms with Gasteiger partial charge in [0.1, 0.15) is 0 Å². The lowest BCUT2D eigenvalue weighted by Gasteiger charge is -2.32. The monoisotopic (exact) mass is 350 g/mol. The molecule has 4 nitrogen and oxygen atoms in total. The maximum absolute atomic E-state index is 12.8. The summed E-state index contributed by atoms with van der Waals surface area (Å²) in [6.45, 7) is 7.20. The van der Waals surface area contributed by atoms with Crippen LogP contribution in [0.3, 0.4) is 0 Å². The average molecular weight is 350 g/mol. The minimum absolute atomic E-state index is 0.00121. The second-order valence-electron chi connectivity index (χ2n) is 7.27. The Balaban J connectivity index is 1.67. The lowest BCUT2D eigenvalue weighted by molar-refractivity contribution is -0.121. The van der Waals surface area contributed by atoms with Crippen molar-refractivity contribution in [1.29, 1.82) is 0 Å². The van der Waals surface area contributed by atoms with E-state index in [0.717, 1.165) is 29.7 Å². The predicted octanol–water partition coefficient (Wildman–Crippen LogP) is 4.10. The molecule has 1 heterocycles. The van der Waals surface area contributed by atoms with Gasteiger partial charge in [-0.1, -0.05) is 35.4 Å². The smallest absolute Gasteiger partial charge is 0.253 e. The van der Waals surface area contributed by atoms with Gasteiger partial charge in [-0.15, -0.1) is 0 Å². The second-order valence-corrected chi connectivity index (χ2v) is 7.27. The lowest BCUT2D eigenvalue weighted by atomic mass is 9.96. The number of anilines is 1. The summed E-state index contributed by atoms with van der Waals surface area (Å²) >= 11 is 0. The third-order valence-electron chi connectivity index (χ3n) is 4.98. The molecule has 3 rings (SSSR count). The Bertz CT molecular complexity index is 829. The number of carbonyl (C=O) groups excluding carboxylic acids is 2. The average Bonchev–Trinajstić information content (AvgIpc) is 2.63. The van der Waals surface area contributed by atoms with Gasteiger partial charge in [0.2, 0.25) is 5.91 Å². The minimum Gasteiger partial charge on any atom is -0.338 e. The maximum atomic E-state index is 12.8. The maximum Gasteiger partial charge on any atom is 0.253 e. The third kappa shape index (κ3) is 4.13. The molecule has 1 saturated heterocycles. The number of hydrogen-bond donors (Lipinski definition) is 1. The molecule has 0 aromatic heterocycles. The first-order valence-corrected chi connectivity index (χ1v) is 9.18. The summed E-state index contributed by atoms with van der Waals surface area (Å²) in [7, 11) is 0. The van der Waals surface area contributed by atoms with E-state index < -0.39 is 0 Å². The van der Waals surface area contributed by atoms with Crippen LogP contribution < -0.4 is 5.32 Å². The summed E-state index contributed by atoms with van der Waals surface area (Å²) in [6.07, 6.45) is 1.66.